The monoisotopic (exact) mass is 384 g/mol. The Balaban J connectivity index is 3.19. The molecule has 0 amide bonds. The first-order chi connectivity index (χ1) is 9.01. The summed E-state index contributed by atoms with van der Waals surface area (Å²) in [5.41, 5.74) is -0.0376. The van der Waals surface area contributed by atoms with E-state index in [1.165, 1.54) is 18.1 Å². The number of nitrogens with zero attached hydrogens (tertiary/aromatic N) is 2. The summed E-state index contributed by atoms with van der Waals surface area (Å²) in [5.74, 6) is -0.526. The van der Waals surface area contributed by atoms with Crippen molar-refractivity contribution in [2.75, 3.05) is 38.3 Å². The molecule has 0 saturated heterocycles. The molecule has 1 N–H and O–H groups in total. The SMILES string of the molecule is COCCN(CCO)c1cc(F)c(I)cc1[N+](=O)[O-]. The number of nitro groups is 1. The van der Waals surface area contributed by atoms with E-state index in [-0.39, 0.29) is 28.1 Å². The second-order valence-corrected chi connectivity index (χ2v) is 4.88. The summed E-state index contributed by atoms with van der Waals surface area (Å²) in [7, 11) is 1.50. The fourth-order valence-electron chi connectivity index (χ4n) is 1.60. The van der Waals surface area contributed by atoms with Gasteiger partial charge in [-0.15, -0.1) is 0 Å². The number of aliphatic hydroxyl groups excluding tert-OH is 1. The molecule has 0 spiro atoms. The van der Waals surface area contributed by atoms with Crippen molar-refractivity contribution in [2.45, 2.75) is 0 Å². The van der Waals surface area contributed by atoms with E-state index in [1.807, 2.05) is 0 Å². The largest absolute Gasteiger partial charge is 0.395 e. The maximum atomic E-state index is 13.6. The normalized spacial score (nSPS) is 10.5. The van der Waals surface area contributed by atoms with Gasteiger partial charge >= 0.3 is 0 Å². The highest BCUT2D eigenvalue weighted by molar-refractivity contribution is 14.1. The molecule has 0 aliphatic carbocycles. The molecule has 0 saturated carbocycles. The van der Waals surface area contributed by atoms with Gasteiger partial charge in [-0.25, -0.2) is 4.39 Å². The molecule has 1 aromatic rings. The highest BCUT2D eigenvalue weighted by Crippen LogP contribution is 2.31. The van der Waals surface area contributed by atoms with Gasteiger partial charge < -0.3 is 14.7 Å². The van der Waals surface area contributed by atoms with Crippen molar-refractivity contribution in [3.63, 3.8) is 0 Å². The first-order valence-corrected chi connectivity index (χ1v) is 6.57. The van der Waals surface area contributed by atoms with Gasteiger partial charge in [0.05, 0.1) is 21.7 Å². The van der Waals surface area contributed by atoms with E-state index in [4.69, 9.17) is 9.84 Å². The van der Waals surface area contributed by atoms with Gasteiger partial charge in [-0.1, -0.05) is 0 Å². The van der Waals surface area contributed by atoms with E-state index < -0.39 is 10.7 Å². The van der Waals surface area contributed by atoms with E-state index in [0.717, 1.165) is 6.07 Å². The van der Waals surface area contributed by atoms with Gasteiger partial charge in [0.15, 0.2) is 0 Å². The molecule has 0 heterocycles. The molecule has 8 heteroatoms. The van der Waals surface area contributed by atoms with Crippen LogP contribution in [0.4, 0.5) is 15.8 Å². The molecule has 106 valence electrons. The highest BCUT2D eigenvalue weighted by atomic mass is 127. The number of hydrogen-bond donors (Lipinski definition) is 1. The van der Waals surface area contributed by atoms with Crippen molar-refractivity contribution in [3.05, 3.63) is 31.6 Å². The van der Waals surface area contributed by atoms with Crippen molar-refractivity contribution >= 4 is 34.0 Å². The summed E-state index contributed by atoms with van der Waals surface area (Å²) in [6.07, 6.45) is 0. The summed E-state index contributed by atoms with van der Waals surface area (Å²) in [6, 6.07) is 2.30. The van der Waals surface area contributed by atoms with Crippen molar-refractivity contribution < 1.29 is 19.2 Å². The van der Waals surface area contributed by atoms with Gasteiger partial charge in [0, 0.05) is 32.3 Å². The van der Waals surface area contributed by atoms with Crippen LogP contribution in [0, 0.1) is 19.5 Å². The molecule has 0 unspecified atom stereocenters. The predicted octanol–water partition coefficient (Wildman–Crippen LogP) is 1.78. The first kappa shape index (κ1) is 16.1. The number of nitro benzene ring substituents is 1. The van der Waals surface area contributed by atoms with Gasteiger partial charge in [-0.3, -0.25) is 10.1 Å². The van der Waals surface area contributed by atoms with E-state index >= 15 is 0 Å². The molecule has 6 nitrogen and oxygen atoms in total. The summed E-state index contributed by atoms with van der Waals surface area (Å²) >= 11 is 1.70. The van der Waals surface area contributed by atoms with Crippen LogP contribution in [0.15, 0.2) is 12.1 Å². The lowest BCUT2D eigenvalue weighted by molar-refractivity contribution is -0.384. The Morgan fingerprint density at radius 3 is 2.74 bits per heavy atom. The van der Waals surface area contributed by atoms with Crippen LogP contribution < -0.4 is 4.90 Å². The Bertz CT molecular complexity index is 459. The van der Waals surface area contributed by atoms with Crippen molar-refractivity contribution in [2.24, 2.45) is 0 Å². The third-order valence-corrected chi connectivity index (χ3v) is 3.32. The van der Waals surface area contributed by atoms with Crippen LogP contribution in [0.25, 0.3) is 0 Å². The van der Waals surface area contributed by atoms with Gasteiger partial charge in [-0.05, 0) is 22.6 Å². The standard InChI is InChI=1S/C11H14FIN2O4/c1-19-5-3-14(2-4-16)10-6-8(12)9(13)7-11(10)15(17)18/h6-7,16H,2-5H2,1H3. The number of halogens is 2. The number of aliphatic hydroxyl groups is 1. The molecule has 0 aliphatic rings. The van der Waals surface area contributed by atoms with Crippen LogP contribution >= 0.6 is 22.6 Å². The Labute approximate surface area is 123 Å². The minimum Gasteiger partial charge on any atom is -0.395 e. The van der Waals surface area contributed by atoms with Crippen LogP contribution in [0.3, 0.4) is 0 Å². The maximum Gasteiger partial charge on any atom is 0.293 e. The highest BCUT2D eigenvalue weighted by Gasteiger charge is 2.22. The van der Waals surface area contributed by atoms with E-state index in [1.54, 1.807) is 22.6 Å². The van der Waals surface area contributed by atoms with Gasteiger partial charge in [0.2, 0.25) is 0 Å². The van der Waals surface area contributed by atoms with E-state index in [9.17, 15) is 14.5 Å². The zero-order valence-electron chi connectivity index (χ0n) is 10.3. The zero-order valence-corrected chi connectivity index (χ0v) is 12.5. The minimum atomic E-state index is -0.561. The van der Waals surface area contributed by atoms with Crippen molar-refractivity contribution in [1.82, 2.24) is 0 Å². The molecule has 1 aromatic carbocycles. The Kier molecular flexibility index (Phi) is 6.38. The second kappa shape index (κ2) is 7.56. The van der Waals surface area contributed by atoms with Gasteiger partial charge in [0.1, 0.15) is 11.5 Å². The lowest BCUT2D eigenvalue weighted by Crippen LogP contribution is -2.30. The first-order valence-electron chi connectivity index (χ1n) is 5.49. The van der Waals surface area contributed by atoms with Crippen molar-refractivity contribution in [1.29, 1.82) is 0 Å². The topological polar surface area (TPSA) is 75.8 Å². The van der Waals surface area contributed by atoms with Crippen LogP contribution in [0.2, 0.25) is 0 Å². The van der Waals surface area contributed by atoms with Crippen LogP contribution in [-0.2, 0) is 4.74 Å². The number of ether oxygens (including phenoxy) is 1. The number of rotatable bonds is 7. The Hall–Kier alpha value is -1.00. The number of methoxy groups -OCH3 is 1. The van der Waals surface area contributed by atoms with Crippen molar-refractivity contribution in [3.8, 4) is 0 Å². The number of anilines is 1. The predicted molar refractivity (Wildman–Crippen MR) is 76.9 cm³/mol. The summed E-state index contributed by atoms with van der Waals surface area (Å²) in [5, 5.41) is 20.0. The number of hydrogen-bond acceptors (Lipinski definition) is 5. The molecular formula is C11H14FIN2O4. The lowest BCUT2D eigenvalue weighted by atomic mass is 10.2. The van der Waals surface area contributed by atoms with E-state index in [2.05, 4.69) is 0 Å². The molecular weight excluding hydrogens is 370 g/mol. The molecule has 0 radical (unpaired) electrons. The fourth-order valence-corrected chi connectivity index (χ4v) is 2.05. The maximum absolute atomic E-state index is 13.6. The molecule has 19 heavy (non-hydrogen) atoms. The molecule has 0 aliphatic heterocycles. The minimum absolute atomic E-state index is 0.147. The fraction of sp³-hybridized carbons (Fsp3) is 0.455. The Morgan fingerprint density at radius 2 is 2.21 bits per heavy atom. The molecule has 0 bridgehead atoms. The molecule has 1 rings (SSSR count). The van der Waals surface area contributed by atoms with Crippen LogP contribution in [0.1, 0.15) is 0 Å². The lowest BCUT2D eigenvalue weighted by Gasteiger charge is -2.23. The second-order valence-electron chi connectivity index (χ2n) is 3.72. The summed E-state index contributed by atoms with van der Waals surface area (Å²) < 4.78 is 18.7. The smallest absolute Gasteiger partial charge is 0.293 e. The average Bonchev–Trinajstić information content (AvgIpc) is 2.37. The van der Waals surface area contributed by atoms with Gasteiger partial charge in [0.25, 0.3) is 5.69 Å². The Morgan fingerprint density at radius 1 is 1.53 bits per heavy atom. The summed E-state index contributed by atoms with van der Waals surface area (Å²) in [6.45, 7) is 0.640. The van der Waals surface area contributed by atoms with Crippen LogP contribution in [0.5, 0.6) is 0 Å². The third-order valence-electron chi connectivity index (χ3n) is 2.49. The molecule has 0 aromatic heterocycles. The average molecular weight is 384 g/mol. The molecule has 0 fully saturated rings. The quantitative estimate of drug-likeness (QED) is 0.441. The van der Waals surface area contributed by atoms with E-state index in [0.29, 0.717) is 13.2 Å². The molecule has 0 atom stereocenters. The van der Waals surface area contributed by atoms with Crippen LogP contribution in [-0.4, -0.2) is 43.4 Å². The number of benzene rings is 1. The third kappa shape index (κ3) is 4.25. The van der Waals surface area contributed by atoms with Gasteiger partial charge in [-0.2, -0.15) is 0 Å². The summed E-state index contributed by atoms with van der Waals surface area (Å²) in [4.78, 5) is 12.0. The zero-order chi connectivity index (χ0) is 14.4.